The predicted molar refractivity (Wildman–Crippen MR) is 97.4 cm³/mol. The van der Waals surface area contributed by atoms with Gasteiger partial charge in [-0.05, 0) is 38.4 Å². The number of rotatable bonds is 4. The van der Waals surface area contributed by atoms with Crippen molar-refractivity contribution < 1.29 is 9.47 Å². The van der Waals surface area contributed by atoms with Crippen molar-refractivity contribution in [1.82, 2.24) is 14.7 Å². The zero-order valence-corrected chi connectivity index (χ0v) is 15.3. The first kappa shape index (κ1) is 16.5. The lowest BCUT2D eigenvalue weighted by Crippen LogP contribution is -2.41. The molecule has 1 saturated heterocycles. The number of likely N-dealkylation sites (tertiary alicyclic amines) is 1. The Morgan fingerprint density at radius 1 is 1.32 bits per heavy atom. The molecule has 0 aliphatic carbocycles. The first-order valence-corrected chi connectivity index (χ1v) is 9.04. The van der Waals surface area contributed by atoms with Crippen molar-refractivity contribution in [3.63, 3.8) is 0 Å². The average Bonchev–Trinajstić information content (AvgIpc) is 3.15. The highest BCUT2D eigenvalue weighted by atomic mass is 35.5. The molecule has 2 aliphatic rings. The van der Waals surface area contributed by atoms with Gasteiger partial charge < -0.3 is 14.8 Å². The molecule has 4 rings (SSSR count). The third-order valence-corrected chi connectivity index (χ3v) is 5.37. The molecule has 0 amide bonds. The maximum Gasteiger partial charge on any atom is 0.231 e. The molecular formula is C18H23ClN4O2. The van der Waals surface area contributed by atoms with E-state index >= 15 is 0 Å². The van der Waals surface area contributed by atoms with Gasteiger partial charge in [-0.1, -0.05) is 11.6 Å². The van der Waals surface area contributed by atoms with Crippen molar-refractivity contribution in [2.24, 2.45) is 7.05 Å². The fourth-order valence-electron chi connectivity index (χ4n) is 3.62. The molecule has 0 radical (unpaired) electrons. The fourth-order valence-corrected chi connectivity index (χ4v) is 3.85. The highest BCUT2D eigenvalue weighted by Gasteiger charge is 2.23. The molecule has 6 nitrogen and oxygen atoms in total. The molecule has 1 unspecified atom stereocenters. The van der Waals surface area contributed by atoms with E-state index in [0.29, 0.717) is 12.8 Å². The van der Waals surface area contributed by atoms with Gasteiger partial charge in [-0.2, -0.15) is 5.10 Å². The number of halogens is 1. The van der Waals surface area contributed by atoms with Gasteiger partial charge in [0.1, 0.15) is 5.15 Å². The number of nitrogens with zero attached hydrogens (tertiary/aromatic N) is 3. The van der Waals surface area contributed by atoms with E-state index in [9.17, 15) is 0 Å². The Hall–Kier alpha value is -1.92. The van der Waals surface area contributed by atoms with Crippen LogP contribution in [-0.2, 0) is 13.6 Å². The second-order valence-corrected chi connectivity index (χ2v) is 7.12. The first-order valence-electron chi connectivity index (χ1n) is 8.66. The lowest BCUT2D eigenvalue weighted by atomic mass is 10.0. The third-order valence-electron chi connectivity index (χ3n) is 4.90. The Morgan fingerprint density at radius 3 is 2.96 bits per heavy atom. The summed E-state index contributed by atoms with van der Waals surface area (Å²) in [5.41, 5.74) is 3.22. The number of nitrogens with one attached hydrogen (secondary N) is 1. The summed E-state index contributed by atoms with van der Waals surface area (Å²) >= 11 is 6.39. The van der Waals surface area contributed by atoms with Crippen LogP contribution in [0.2, 0.25) is 5.15 Å². The number of fused-ring (bicyclic) bond motifs is 1. The molecule has 2 aromatic rings. The minimum Gasteiger partial charge on any atom is -0.454 e. The summed E-state index contributed by atoms with van der Waals surface area (Å²) in [6.07, 6.45) is 2.32. The van der Waals surface area contributed by atoms with Crippen LogP contribution in [0.5, 0.6) is 11.5 Å². The van der Waals surface area contributed by atoms with Crippen LogP contribution in [0.3, 0.4) is 0 Å². The number of benzene rings is 1. The summed E-state index contributed by atoms with van der Waals surface area (Å²) in [6.45, 7) is 5.25. The van der Waals surface area contributed by atoms with Crippen LogP contribution < -0.4 is 14.8 Å². The quantitative estimate of drug-likeness (QED) is 0.905. The van der Waals surface area contributed by atoms with Crippen LogP contribution in [0, 0.1) is 6.92 Å². The fraction of sp³-hybridized carbons (Fsp3) is 0.500. The molecule has 1 atom stereocenters. The predicted octanol–water partition coefficient (Wildman–Crippen LogP) is 3.19. The molecule has 0 saturated carbocycles. The van der Waals surface area contributed by atoms with E-state index in [1.54, 1.807) is 4.68 Å². The summed E-state index contributed by atoms with van der Waals surface area (Å²) in [7, 11) is 1.89. The number of aromatic nitrogens is 2. The van der Waals surface area contributed by atoms with E-state index < -0.39 is 0 Å². The molecule has 2 aliphatic heterocycles. The number of ether oxygens (including phenoxy) is 2. The van der Waals surface area contributed by atoms with Crippen LogP contribution in [0.15, 0.2) is 18.2 Å². The Bertz CT molecular complexity index is 777. The van der Waals surface area contributed by atoms with E-state index in [4.69, 9.17) is 21.1 Å². The van der Waals surface area contributed by atoms with Crippen molar-refractivity contribution in [3.05, 3.63) is 34.6 Å². The number of aryl methyl sites for hydroxylation is 2. The molecule has 3 heterocycles. The van der Waals surface area contributed by atoms with Crippen molar-refractivity contribution in [2.45, 2.75) is 32.4 Å². The maximum absolute atomic E-state index is 6.39. The summed E-state index contributed by atoms with van der Waals surface area (Å²) in [5.74, 6) is 1.63. The molecule has 1 fully saturated rings. The van der Waals surface area contributed by atoms with E-state index in [-0.39, 0.29) is 0 Å². The molecule has 25 heavy (non-hydrogen) atoms. The van der Waals surface area contributed by atoms with Crippen molar-refractivity contribution in [2.75, 3.05) is 25.2 Å². The van der Waals surface area contributed by atoms with Gasteiger partial charge in [-0.3, -0.25) is 9.58 Å². The molecule has 0 bridgehead atoms. The van der Waals surface area contributed by atoms with Crippen molar-refractivity contribution >= 4 is 17.3 Å². The molecule has 134 valence electrons. The van der Waals surface area contributed by atoms with Crippen molar-refractivity contribution in [1.29, 1.82) is 0 Å². The van der Waals surface area contributed by atoms with E-state index in [1.165, 1.54) is 6.42 Å². The molecule has 1 N–H and O–H groups in total. The van der Waals surface area contributed by atoms with Crippen LogP contribution in [-0.4, -0.2) is 40.6 Å². The van der Waals surface area contributed by atoms with E-state index in [2.05, 4.69) is 21.4 Å². The number of hydrogen-bond acceptors (Lipinski definition) is 5. The molecular weight excluding hydrogens is 340 g/mol. The maximum atomic E-state index is 6.39. The molecule has 7 heteroatoms. The zero-order valence-electron chi connectivity index (χ0n) is 14.6. The average molecular weight is 363 g/mol. The minimum atomic E-state index is 0.307. The molecule has 0 spiro atoms. The van der Waals surface area contributed by atoms with Crippen molar-refractivity contribution in [3.8, 4) is 11.5 Å². The van der Waals surface area contributed by atoms with Gasteiger partial charge in [-0.25, -0.2) is 0 Å². The summed E-state index contributed by atoms with van der Waals surface area (Å²) in [5, 5.41) is 8.78. The van der Waals surface area contributed by atoms with Gasteiger partial charge in [0.2, 0.25) is 6.79 Å². The van der Waals surface area contributed by atoms with Gasteiger partial charge >= 0.3 is 0 Å². The normalized spacial score (nSPS) is 20.0. The molecule has 1 aromatic carbocycles. The largest absolute Gasteiger partial charge is 0.454 e. The Morgan fingerprint density at radius 2 is 2.16 bits per heavy atom. The monoisotopic (exact) mass is 362 g/mol. The van der Waals surface area contributed by atoms with Gasteiger partial charge in [-0.15, -0.1) is 0 Å². The van der Waals surface area contributed by atoms with Gasteiger partial charge in [0.15, 0.2) is 11.5 Å². The highest BCUT2D eigenvalue weighted by molar-refractivity contribution is 6.30. The van der Waals surface area contributed by atoms with Gasteiger partial charge in [0, 0.05) is 43.5 Å². The van der Waals surface area contributed by atoms with Gasteiger partial charge in [0.05, 0.1) is 5.69 Å². The smallest absolute Gasteiger partial charge is 0.231 e. The van der Waals surface area contributed by atoms with Gasteiger partial charge in [0.25, 0.3) is 0 Å². The lowest BCUT2D eigenvalue weighted by Gasteiger charge is -2.33. The second kappa shape index (κ2) is 6.77. The van der Waals surface area contributed by atoms with Crippen LogP contribution in [0.4, 0.5) is 5.69 Å². The van der Waals surface area contributed by atoms with E-state index in [0.717, 1.165) is 59.7 Å². The summed E-state index contributed by atoms with van der Waals surface area (Å²) in [4.78, 5) is 2.45. The number of piperidine rings is 1. The lowest BCUT2D eigenvalue weighted by molar-refractivity contribution is 0.174. The zero-order chi connectivity index (χ0) is 17.4. The first-order chi connectivity index (χ1) is 12.1. The molecule has 1 aromatic heterocycles. The SMILES string of the molecule is Cc1nn(C)c(Cl)c1CN1CCCC(Nc2ccc3c(c2)OCO3)C1. The number of anilines is 1. The van der Waals surface area contributed by atoms with E-state index in [1.807, 2.05) is 26.1 Å². The summed E-state index contributed by atoms with van der Waals surface area (Å²) < 4.78 is 12.6. The topological polar surface area (TPSA) is 51.6 Å². The standard InChI is InChI=1S/C18H23ClN4O2/c1-12-15(18(19)22(2)21-12)10-23-7-3-4-14(9-23)20-13-5-6-16-17(8-13)25-11-24-16/h5-6,8,14,20H,3-4,7,9-11H2,1-2H3. The minimum absolute atomic E-state index is 0.307. The Labute approximate surface area is 152 Å². The second-order valence-electron chi connectivity index (χ2n) is 6.77. The van der Waals surface area contributed by atoms with Crippen LogP contribution in [0.25, 0.3) is 0 Å². The Kier molecular flexibility index (Phi) is 4.48. The Balaban J connectivity index is 1.41. The highest BCUT2D eigenvalue weighted by Crippen LogP contribution is 2.34. The number of hydrogen-bond donors (Lipinski definition) is 1. The third kappa shape index (κ3) is 3.41. The van der Waals surface area contributed by atoms with Crippen LogP contribution >= 0.6 is 11.6 Å². The van der Waals surface area contributed by atoms with Crippen LogP contribution in [0.1, 0.15) is 24.1 Å². The summed E-state index contributed by atoms with van der Waals surface area (Å²) in [6, 6.07) is 6.44.